The van der Waals surface area contributed by atoms with E-state index >= 15 is 0 Å². The highest BCUT2D eigenvalue weighted by atomic mass is 32.2. The summed E-state index contributed by atoms with van der Waals surface area (Å²) in [6.07, 6.45) is 4.03. The number of hydrogen-bond donors (Lipinski definition) is 2. The molecule has 4 rings (SSSR count). The van der Waals surface area contributed by atoms with E-state index in [0.717, 1.165) is 42.6 Å². The van der Waals surface area contributed by atoms with Gasteiger partial charge < -0.3 is 4.90 Å². The van der Waals surface area contributed by atoms with E-state index in [2.05, 4.69) is 20.2 Å². The topological polar surface area (TPSA) is 121 Å². The molecular formula is C23H25N5O4S2. The smallest absolute Gasteiger partial charge is 0.291 e. The first-order chi connectivity index (χ1) is 16.3. The van der Waals surface area contributed by atoms with Crippen molar-refractivity contribution in [3.05, 3.63) is 65.2 Å². The molecule has 2 amide bonds. The second-order valence-electron chi connectivity index (χ2n) is 8.05. The lowest BCUT2D eigenvalue weighted by Gasteiger charge is -2.22. The van der Waals surface area contributed by atoms with Gasteiger partial charge in [0, 0.05) is 18.7 Å². The van der Waals surface area contributed by atoms with Crippen molar-refractivity contribution < 1.29 is 18.0 Å². The van der Waals surface area contributed by atoms with Gasteiger partial charge in [0.2, 0.25) is 5.13 Å². The van der Waals surface area contributed by atoms with Gasteiger partial charge in [0.15, 0.2) is 0 Å². The first-order valence-electron chi connectivity index (χ1n) is 11.0. The van der Waals surface area contributed by atoms with Gasteiger partial charge in [-0.15, -0.1) is 10.2 Å². The van der Waals surface area contributed by atoms with Crippen LogP contribution in [0.3, 0.4) is 0 Å². The summed E-state index contributed by atoms with van der Waals surface area (Å²) in [6.45, 7) is 3.17. The fourth-order valence-corrected chi connectivity index (χ4v) is 5.69. The van der Waals surface area contributed by atoms with Crippen molar-refractivity contribution in [1.29, 1.82) is 0 Å². The van der Waals surface area contributed by atoms with E-state index < -0.39 is 15.9 Å². The van der Waals surface area contributed by atoms with Crippen molar-refractivity contribution in [2.45, 2.75) is 36.9 Å². The van der Waals surface area contributed by atoms with E-state index in [-0.39, 0.29) is 26.6 Å². The van der Waals surface area contributed by atoms with Gasteiger partial charge in [-0.05, 0) is 44.0 Å². The van der Waals surface area contributed by atoms with Crippen LogP contribution in [0.1, 0.15) is 52.0 Å². The van der Waals surface area contributed by atoms with Crippen LogP contribution < -0.4 is 10.0 Å². The van der Waals surface area contributed by atoms with Gasteiger partial charge in [-0.1, -0.05) is 54.0 Å². The number of carbonyl (C=O) groups is 2. The van der Waals surface area contributed by atoms with Gasteiger partial charge in [-0.25, -0.2) is 0 Å². The number of aryl methyl sites for hydroxylation is 1. The number of sulfonamides is 1. The summed E-state index contributed by atoms with van der Waals surface area (Å²) in [6, 6.07) is 13.5. The number of carbonyl (C=O) groups excluding carboxylic acids is 2. The fourth-order valence-electron chi connectivity index (χ4n) is 3.72. The van der Waals surface area contributed by atoms with Crippen molar-refractivity contribution in [3.8, 4) is 0 Å². The Bertz CT molecular complexity index is 1300. The molecular weight excluding hydrogens is 474 g/mol. The molecule has 1 saturated heterocycles. The standard InChI is InChI=1S/C23H25N5O4S2/c1-16-9-8-10-17(15-16)20(29)24-22-25-26-23(33-22)34(31,32)27-19-12-5-4-11-18(19)21(30)28-13-6-2-3-7-14-28/h4-5,8-12,15,27H,2-3,6-7,13-14H2,1H3,(H,24,25,29). The minimum absolute atomic E-state index is 0.0563. The average molecular weight is 500 g/mol. The summed E-state index contributed by atoms with van der Waals surface area (Å²) >= 11 is 0.731. The molecule has 1 aromatic heterocycles. The minimum atomic E-state index is -4.12. The van der Waals surface area contributed by atoms with E-state index in [1.165, 1.54) is 0 Å². The van der Waals surface area contributed by atoms with Gasteiger partial charge in [0.05, 0.1) is 11.3 Å². The van der Waals surface area contributed by atoms with Crippen LogP contribution in [0, 0.1) is 6.92 Å². The molecule has 0 atom stereocenters. The van der Waals surface area contributed by atoms with Crippen LogP contribution in [-0.2, 0) is 10.0 Å². The molecule has 0 radical (unpaired) electrons. The third kappa shape index (κ3) is 5.60. The van der Waals surface area contributed by atoms with E-state index in [9.17, 15) is 18.0 Å². The summed E-state index contributed by atoms with van der Waals surface area (Å²) < 4.78 is 28.1. The highest BCUT2D eigenvalue weighted by molar-refractivity contribution is 7.94. The van der Waals surface area contributed by atoms with Crippen LogP contribution in [0.15, 0.2) is 52.9 Å². The van der Waals surface area contributed by atoms with Crippen LogP contribution in [0.5, 0.6) is 0 Å². The Hall–Kier alpha value is -3.31. The molecule has 2 heterocycles. The van der Waals surface area contributed by atoms with E-state index in [0.29, 0.717) is 18.7 Å². The second kappa shape index (κ2) is 10.3. The van der Waals surface area contributed by atoms with Gasteiger partial charge in [0.25, 0.3) is 26.2 Å². The Kier molecular flexibility index (Phi) is 7.23. The second-order valence-corrected chi connectivity index (χ2v) is 10.9. The maximum absolute atomic E-state index is 13.1. The van der Waals surface area contributed by atoms with Gasteiger partial charge in [0.1, 0.15) is 0 Å². The average Bonchev–Trinajstić information content (AvgIpc) is 3.12. The Labute approximate surface area is 202 Å². The number of nitrogens with zero attached hydrogens (tertiary/aromatic N) is 3. The summed E-state index contributed by atoms with van der Waals surface area (Å²) in [5, 5.41) is 10.2. The van der Waals surface area contributed by atoms with Crippen molar-refractivity contribution in [2.75, 3.05) is 23.1 Å². The van der Waals surface area contributed by atoms with E-state index in [1.807, 2.05) is 13.0 Å². The molecule has 0 saturated carbocycles. The molecule has 1 aliphatic heterocycles. The molecule has 0 unspecified atom stereocenters. The molecule has 2 aromatic carbocycles. The minimum Gasteiger partial charge on any atom is -0.339 e. The number of nitrogens with one attached hydrogen (secondary N) is 2. The number of likely N-dealkylation sites (tertiary alicyclic amines) is 1. The number of amides is 2. The van der Waals surface area contributed by atoms with Crippen molar-refractivity contribution in [2.24, 2.45) is 0 Å². The summed E-state index contributed by atoms with van der Waals surface area (Å²) in [4.78, 5) is 27.3. The third-order valence-electron chi connectivity index (χ3n) is 5.43. The van der Waals surface area contributed by atoms with Gasteiger partial charge in [-0.3, -0.25) is 19.6 Å². The third-order valence-corrected chi connectivity index (χ3v) is 8.00. The summed E-state index contributed by atoms with van der Waals surface area (Å²) in [7, 11) is -4.12. The van der Waals surface area contributed by atoms with Gasteiger partial charge >= 0.3 is 0 Å². The molecule has 2 N–H and O–H groups in total. The number of hydrogen-bond acceptors (Lipinski definition) is 7. The summed E-state index contributed by atoms with van der Waals surface area (Å²) in [5.74, 6) is -0.617. The highest BCUT2D eigenvalue weighted by Crippen LogP contribution is 2.26. The SMILES string of the molecule is Cc1cccc(C(=O)Nc2nnc(S(=O)(=O)Nc3ccccc3C(=O)N3CCCCCC3)s2)c1. The summed E-state index contributed by atoms with van der Waals surface area (Å²) in [5.41, 5.74) is 1.81. The zero-order valence-corrected chi connectivity index (χ0v) is 20.3. The maximum atomic E-state index is 13.1. The lowest BCUT2D eigenvalue weighted by molar-refractivity contribution is 0.0762. The molecule has 178 valence electrons. The Morgan fingerprint density at radius 3 is 2.44 bits per heavy atom. The Morgan fingerprint density at radius 1 is 0.971 bits per heavy atom. The predicted molar refractivity (Wildman–Crippen MR) is 131 cm³/mol. The molecule has 0 spiro atoms. The number of aromatic nitrogens is 2. The van der Waals surface area contributed by atoms with Crippen molar-refractivity contribution >= 4 is 44.0 Å². The number of benzene rings is 2. The highest BCUT2D eigenvalue weighted by Gasteiger charge is 2.25. The number of anilines is 2. The zero-order valence-electron chi connectivity index (χ0n) is 18.7. The number of rotatable bonds is 6. The zero-order chi connectivity index (χ0) is 24.1. The molecule has 0 bridgehead atoms. The molecule has 0 aliphatic carbocycles. The van der Waals surface area contributed by atoms with E-state index in [1.54, 1.807) is 47.4 Å². The lowest BCUT2D eigenvalue weighted by atomic mass is 10.1. The normalized spacial score (nSPS) is 14.3. The molecule has 1 aliphatic rings. The lowest BCUT2D eigenvalue weighted by Crippen LogP contribution is -2.32. The molecule has 11 heteroatoms. The first kappa shape index (κ1) is 23.8. The quantitative estimate of drug-likeness (QED) is 0.496. The van der Waals surface area contributed by atoms with Crippen molar-refractivity contribution in [3.63, 3.8) is 0 Å². The molecule has 1 fully saturated rings. The fraction of sp³-hybridized carbons (Fsp3) is 0.304. The molecule has 9 nitrogen and oxygen atoms in total. The first-order valence-corrected chi connectivity index (χ1v) is 13.3. The largest absolute Gasteiger partial charge is 0.339 e. The monoisotopic (exact) mass is 499 g/mol. The van der Waals surface area contributed by atoms with Crippen LogP contribution in [0.2, 0.25) is 0 Å². The predicted octanol–water partition coefficient (Wildman–Crippen LogP) is 3.92. The van der Waals surface area contributed by atoms with E-state index in [4.69, 9.17) is 0 Å². The Balaban J connectivity index is 1.50. The Morgan fingerprint density at radius 2 is 1.71 bits per heavy atom. The van der Waals surface area contributed by atoms with Crippen LogP contribution in [-0.4, -0.2) is 48.4 Å². The molecule has 3 aromatic rings. The molecule has 34 heavy (non-hydrogen) atoms. The van der Waals surface area contributed by atoms with Crippen molar-refractivity contribution in [1.82, 2.24) is 15.1 Å². The maximum Gasteiger partial charge on any atom is 0.291 e. The van der Waals surface area contributed by atoms with Crippen LogP contribution in [0.4, 0.5) is 10.8 Å². The van der Waals surface area contributed by atoms with Gasteiger partial charge in [-0.2, -0.15) is 8.42 Å². The van der Waals surface area contributed by atoms with Crippen LogP contribution >= 0.6 is 11.3 Å². The number of para-hydroxylation sites is 1. The van der Waals surface area contributed by atoms with Crippen LogP contribution in [0.25, 0.3) is 0 Å².